The van der Waals surface area contributed by atoms with Crippen molar-refractivity contribution in [2.75, 3.05) is 0 Å². The second-order valence-electron chi connectivity index (χ2n) is 9.99. The van der Waals surface area contributed by atoms with Crippen LogP contribution in [0.25, 0.3) is 0 Å². The van der Waals surface area contributed by atoms with Crippen molar-refractivity contribution in [2.45, 2.75) is 103 Å². The fourth-order valence-electron chi connectivity index (χ4n) is 5.78. The number of ether oxygens (including phenoxy) is 1. The Morgan fingerprint density at radius 3 is 1.59 bits per heavy atom. The van der Waals surface area contributed by atoms with Crippen LogP contribution in [0.2, 0.25) is 36.3 Å². The van der Waals surface area contributed by atoms with Gasteiger partial charge < -0.3 is 9.84 Å². The summed E-state index contributed by atoms with van der Waals surface area (Å²) >= 11 is 0. The lowest BCUT2D eigenvalue weighted by molar-refractivity contribution is -0.0860. The second kappa shape index (κ2) is 13.0. The number of hydrogen-bond acceptors (Lipinski definition) is 2. The molecule has 2 rings (SSSR count). The standard InChI is InChI=1S/C30H48O2Si2/c1-8-33(9-2,10-3)29(34(11-4,12-5)13-6)24-28(32-25-26-20-16-14-17-21-26)30(7,31)27-22-18-15-19-23-27/h14-24,28,31H,8-13,25H2,1-7H3/t28-,30-/m1/s1. The Hall–Kier alpha value is -1.47. The molecule has 0 aliphatic rings. The minimum atomic E-state index is -1.66. The normalized spacial score (nSPS) is 14.9. The molecule has 0 aliphatic carbocycles. The number of rotatable bonds is 14. The predicted molar refractivity (Wildman–Crippen MR) is 154 cm³/mol. The number of hydrogen-bond donors (Lipinski definition) is 1. The van der Waals surface area contributed by atoms with Crippen LogP contribution < -0.4 is 0 Å². The highest BCUT2D eigenvalue weighted by Gasteiger charge is 2.45. The third-order valence-electron chi connectivity index (χ3n) is 8.71. The van der Waals surface area contributed by atoms with Gasteiger partial charge in [0, 0.05) is 0 Å². The van der Waals surface area contributed by atoms with Crippen LogP contribution in [0.3, 0.4) is 0 Å². The molecule has 188 valence electrons. The van der Waals surface area contributed by atoms with Crippen LogP contribution in [0.5, 0.6) is 0 Å². The fourth-order valence-corrected chi connectivity index (χ4v) is 19.8. The van der Waals surface area contributed by atoms with Crippen LogP contribution in [-0.4, -0.2) is 27.4 Å². The lowest BCUT2D eigenvalue weighted by atomic mass is 9.90. The average Bonchev–Trinajstić information content (AvgIpc) is 2.89. The predicted octanol–water partition coefficient (Wildman–Crippen LogP) is 8.50. The summed E-state index contributed by atoms with van der Waals surface area (Å²) in [6.45, 7) is 16.9. The van der Waals surface area contributed by atoms with Gasteiger partial charge in [0.05, 0.1) is 22.8 Å². The Labute approximate surface area is 211 Å². The van der Waals surface area contributed by atoms with Crippen LogP contribution in [0.4, 0.5) is 0 Å². The Morgan fingerprint density at radius 1 is 0.765 bits per heavy atom. The molecule has 0 bridgehead atoms. The third-order valence-corrected chi connectivity index (χ3v) is 22.6. The Balaban J connectivity index is 2.70. The summed E-state index contributed by atoms with van der Waals surface area (Å²) in [5.74, 6) is 0. The van der Waals surface area contributed by atoms with Gasteiger partial charge in [-0.25, -0.2) is 0 Å². The van der Waals surface area contributed by atoms with E-state index in [2.05, 4.69) is 71.9 Å². The molecule has 4 heteroatoms. The zero-order chi connectivity index (χ0) is 25.2. The molecular formula is C30H48O2Si2. The zero-order valence-electron chi connectivity index (χ0n) is 22.7. The van der Waals surface area contributed by atoms with Crippen molar-refractivity contribution in [3.63, 3.8) is 0 Å². The van der Waals surface area contributed by atoms with Gasteiger partial charge in [0.15, 0.2) is 0 Å². The molecule has 34 heavy (non-hydrogen) atoms. The van der Waals surface area contributed by atoms with Crippen LogP contribution in [0, 0.1) is 0 Å². The summed E-state index contributed by atoms with van der Waals surface area (Å²) < 4.78 is 6.65. The lowest BCUT2D eigenvalue weighted by Gasteiger charge is -2.45. The van der Waals surface area contributed by atoms with Gasteiger partial charge in [0.25, 0.3) is 0 Å². The lowest BCUT2D eigenvalue weighted by Crippen LogP contribution is -2.51. The van der Waals surface area contributed by atoms with Gasteiger partial charge in [0.1, 0.15) is 11.7 Å². The van der Waals surface area contributed by atoms with E-state index in [0.717, 1.165) is 11.1 Å². The smallest absolute Gasteiger partial charge is 0.116 e. The first-order valence-corrected chi connectivity index (χ1v) is 18.7. The van der Waals surface area contributed by atoms with Crippen molar-refractivity contribution < 1.29 is 9.84 Å². The van der Waals surface area contributed by atoms with Crippen molar-refractivity contribution in [2.24, 2.45) is 0 Å². The minimum Gasteiger partial charge on any atom is -0.382 e. The van der Waals surface area contributed by atoms with Crippen molar-refractivity contribution >= 4 is 16.1 Å². The average molecular weight is 497 g/mol. The third kappa shape index (κ3) is 6.20. The van der Waals surface area contributed by atoms with Crippen molar-refractivity contribution in [1.82, 2.24) is 0 Å². The van der Waals surface area contributed by atoms with Gasteiger partial charge in [-0.05, 0) is 18.1 Å². The summed E-state index contributed by atoms with van der Waals surface area (Å²) in [6, 6.07) is 28.0. The molecule has 2 atom stereocenters. The van der Waals surface area contributed by atoms with E-state index in [1.54, 1.807) is 4.82 Å². The Morgan fingerprint density at radius 2 is 1.18 bits per heavy atom. The van der Waals surface area contributed by atoms with Crippen LogP contribution in [0.1, 0.15) is 59.6 Å². The molecular weight excluding hydrogens is 449 g/mol. The SMILES string of the molecule is CC[Si](CC)(CC)C(=C[C@@H](OCc1ccccc1)[C@](C)(O)c1ccccc1)[Si](CC)(CC)CC. The molecule has 0 heterocycles. The van der Waals surface area contributed by atoms with Gasteiger partial charge in [-0.3, -0.25) is 0 Å². The minimum absolute atomic E-state index is 0.391. The first kappa shape index (κ1) is 28.8. The monoisotopic (exact) mass is 496 g/mol. The topological polar surface area (TPSA) is 29.5 Å². The van der Waals surface area contributed by atoms with Gasteiger partial charge >= 0.3 is 0 Å². The first-order valence-electron chi connectivity index (χ1n) is 13.4. The summed E-state index contributed by atoms with van der Waals surface area (Å²) in [4.78, 5) is 1.76. The van der Waals surface area contributed by atoms with E-state index in [0.29, 0.717) is 6.61 Å². The highest BCUT2D eigenvalue weighted by molar-refractivity contribution is 7.07. The van der Waals surface area contributed by atoms with E-state index in [-0.39, 0.29) is 0 Å². The maximum atomic E-state index is 12.0. The van der Waals surface area contributed by atoms with Crippen molar-refractivity contribution in [1.29, 1.82) is 0 Å². The van der Waals surface area contributed by atoms with Crippen LogP contribution >= 0.6 is 0 Å². The highest BCUT2D eigenvalue weighted by Crippen LogP contribution is 2.42. The molecule has 0 spiro atoms. The van der Waals surface area contributed by atoms with E-state index >= 15 is 0 Å². The molecule has 1 N–H and O–H groups in total. The molecule has 0 aromatic heterocycles. The van der Waals surface area contributed by atoms with E-state index in [1.165, 1.54) is 36.3 Å². The Bertz CT molecular complexity index is 831. The highest BCUT2D eigenvalue weighted by atomic mass is 28.4. The Kier molecular flexibility index (Phi) is 11.0. The molecule has 0 saturated heterocycles. The number of benzene rings is 2. The van der Waals surface area contributed by atoms with E-state index in [4.69, 9.17) is 4.74 Å². The van der Waals surface area contributed by atoms with Crippen LogP contribution in [0.15, 0.2) is 71.6 Å². The largest absolute Gasteiger partial charge is 0.382 e. The summed E-state index contributed by atoms with van der Waals surface area (Å²) in [5, 5.41) is 12.0. The second-order valence-corrected chi connectivity index (χ2v) is 20.9. The molecule has 2 nitrogen and oxygen atoms in total. The molecule has 0 unspecified atom stereocenters. The summed E-state index contributed by atoms with van der Waals surface area (Å²) in [6.07, 6.45) is 2.07. The first-order chi connectivity index (χ1) is 16.3. The molecule has 0 fully saturated rings. The molecule has 2 aromatic carbocycles. The van der Waals surface area contributed by atoms with E-state index < -0.39 is 27.9 Å². The van der Waals surface area contributed by atoms with Gasteiger partial charge in [-0.2, -0.15) is 0 Å². The zero-order valence-corrected chi connectivity index (χ0v) is 24.7. The van der Waals surface area contributed by atoms with Crippen molar-refractivity contribution in [3.05, 3.63) is 82.7 Å². The van der Waals surface area contributed by atoms with E-state index in [9.17, 15) is 5.11 Å². The maximum Gasteiger partial charge on any atom is 0.116 e. The molecule has 0 aliphatic heterocycles. The summed E-state index contributed by atoms with van der Waals surface area (Å²) in [7, 11) is -3.33. The molecule has 0 amide bonds. The molecule has 0 radical (unpaired) electrons. The van der Waals surface area contributed by atoms with Gasteiger partial charge in [-0.15, -0.1) is 0 Å². The van der Waals surface area contributed by atoms with Crippen molar-refractivity contribution in [3.8, 4) is 0 Å². The van der Waals surface area contributed by atoms with Gasteiger partial charge in [-0.1, -0.05) is 149 Å². The molecule has 0 saturated carbocycles. The number of aliphatic hydroxyl groups is 1. The van der Waals surface area contributed by atoms with Crippen LogP contribution in [-0.2, 0) is 16.9 Å². The maximum absolute atomic E-state index is 12.0. The van der Waals surface area contributed by atoms with Gasteiger partial charge in [0.2, 0.25) is 0 Å². The quantitative estimate of drug-likeness (QED) is 0.266. The fraction of sp³-hybridized carbons (Fsp3) is 0.533. The van der Waals surface area contributed by atoms with E-state index in [1.807, 2.05) is 43.3 Å². The molecule has 2 aromatic rings. The summed E-state index contributed by atoms with van der Waals surface area (Å²) in [5.41, 5.74) is 0.949.